The predicted molar refractivity (Wildman–Crippen MR) is 118 cm³/mol. The second-order valence-corrected chi connectivity index (χ2v) is 8.50. The molecule has 0 saturated carbocycles. The molecule has 0 radical (unpaired) electrons. The topological polar surface area (TPSA) is 55.8 Å². The third-order valence-corrected chi connectivity index (χ3v) is 6.67. The molecule has 1 fully saturated rings. The molecule has 31 heavy (non-hydrogen) atoms. The van der Waals surface area contributed by atoms with E-state index in [0.717, 1.165) is 4.70 Å². The van der Waals surface area contributed by atoms with E-state index < -0.39 is 0 Å². The lowest BCUT2D eigenvalue weighted by molar-refractivity contribution is -0.149. The van der Waals surface area contributed by atoms with Crippen LogP contribution < -0.4 is 4.74 Å². The number of carbonyl (C=O) groups excluding carboxylic acids is 2. The van der Waals surface area contributed by atoms with Crippen molar-refractivity contribution in [3.63, 3.8) is 0 Å². The van der Waals surface area contributed by atoms with Crippen LogP contribution in [0.2, 0.25) is 0 Å². The van der Waals surface area contributed by atoms with Gasteiger partial charge in [0.05, 0.1) is 17.4 Å². The standard InChI is InChI=1S/C24H24FNO4S/c1-2-29-24(28)16-11-13-26(14-12-16)23(27)22-18(15-30-17-7-4-3-5-8-17)21-19(25)9-6-10-20(21)31-22/h3-10,16H,2,11-15H2,1H3. The Bertz CT molecular complexity index is 1070. The maximum Gasteiger partial charge on any atom is 0.309 e. The number of hydrogen-bond acceptors (Lipinski definition) is 5. The van der Waals surface area contributed by atoms with Crippen molar-refractivity contribution < 1.29 is 23.5 Å². The van der Waals surface area contributed by atoms with Gasteiger partial charge in [-0.25, -0.2) is 4.39 Å². The zero-order chi connectivity index (χ0) is 21.8. The van der Waals surface area contributed by atoms with Crippen LogP contribution in [0.15, 0.2) is 48.5 Å². The number of likely N-dealkylation sites (tertiary alicyclic amines) is 1. The lowest BCUT2D eigenvalue weighted by atomic mass is 9.96. The number of piperidine rings is 1. The van der Waals surface area contributed by atoms with Gasteiger partial charge in [-0.2, -0.15) is 0 Å². The van der Waals surface area contributed by atoms with Gasteiger partial charge in [0.1, 0.15) is 18.2 Å². The van der Waals surface area contributed by atoms with E-state index in [9.17, 15) is 14.0 Å². The van der Waals surface area contributed by atoms with Gasteiger partial charge >= 0.3 is 5.97 Å². The van der Waals surface area contributed by atoms with Crippen molar-refractivity contribution >= 4 is 33.3 Å². The lowest BCUT2D eigenvalue weighted by Gasteiger charge is -2.30. The number of carbonyl (C=O) groups is 2. The van der Waals surface area contributed by atoms with E-state index >= 15 is 0 Å². The predicted octanol–water partition coefficient (Wildman–Crippen LogP) is 5.03. The number of ether oxygens (including phenoxy) is 2. The van der Waals surface area contributed by atoms with Crippen molar-refractivity contribution in [2.45, 2.75) is 26.4 Å². The molecule has 7 heteroatoms. The third-order valence-electron chi connectivity index (χ3n) is 5.49. The molecule has 3 aromatic rings. The summed E-state index contributed by atoms with van der Waals surface area (Å²) in [5.41, 5.74) is 0.569. The van der Waals surface area contributed by atoms with E-state index in [1.54, 1.807) is 17.9 Å². The van der Waals surface area contributed by atoms with Gasteiger partial charge < -0.3 is 14.4 Å². The monoisotopic (exact) mass is 441 g/mol. The number of benzene rings is 2. The average Bonchev–Trinajstić information content (AvgIpc) is 3.18. The van der Waals surface area contributed by atoms with Crippen molar-refractivity contribution in [3.8, 4) is 5.75 Å². The van der Waals surface area contributed by atoms with Gasteiger partial charge in [-0.1, -0.05) is 24.3 Å². The molecule has 0 atom stereocenters. The molecule has 5 nitrogen and oxygen atoms in total. The van der Waals surface area contributed by atoms with Crippen LogP contribution in [0.5, 0.6) is 5.75 Å². The molecule has 0 unspecified atom stereocenters. The maximum atomic E-state index is 14.7. The molecule has 2 heterocycles. The van der Waals surface area contributed by atoms with Crippen molar-refractivity contribution in [3.05, 3.63) is 64.8 Å². The molecule has 0 bridgehead atoms. The van der Waals surface area contributed by atoms with Gasteiger partial charge in [-0.15, -0.1) is 11.3 Å². The van der Waals surface area contributed by atoms with Gasteiger partial charge in [-0.05, 0) is 44.0 Å². The molecule has 1 aliphatic rings. The molecule has 0 aliphatic carbocycles. The van der Waals surface area contributed by atoms with Crippen LogP contribution in [0.1, 0.15) is 35.0 Å². The van der Waals surface area contributed by atoms with Crippen LogP contribution in [0.25, 0.3) is 10.1 Å². The van der Waals surface area contributed by atoms with Crippen molar-refractivity contribution in [1.82, 2.24) is 4.90 Å². The number of hydrogen-bond donors (Lipinski definition) is 0. The van der Waals surface area contributed by atoms with Crippen LogP contribution in [0.4, 0.5) is 4.39 Å². The average molecular weight is 442 g/mol. The highest BCUT2D eigenvalue weighted by Gasteiger charge is 2.31. The lowest BCUT2D eigenvalue weighted by Crippen LogP contribution is -2.40. The minimum atomic E-state index is -0.361. The SMILES string of the molecule is CCOC(=O)C1CCN(C(=O)c2sc3cccc(F)c3c2COc2ccccc2)CC1. The summed E-state index contributed by atoms with van der Waals surface area (Å²) in [6.45, 7) is 3.19. The Morgan fingerprint density at radius 1 is 1.10 bits per heavy atom. The van der Waals surface area contributed by atoms with E-state index in [1.807, 2.05) is 36.4 Å². The molecule has 2 aromatic carbocycles. The minimum absolute atomic E-state index is 0.102. The summed E-state index contributed by atoms with van der Waals surface area (Å²) < 4.78 is 26.4. The van der Waals surface area contributed by atoms with Crippen molar-refractivity contribution in [1.29, 1.82) is 0 Å². The summed E-state index contributed by atoms with van der Waals surface area (Å²) in [4.78, 5) is 27.6. The number of halogens is 1. The van der Waals surface area contributed by atoms with Crippen LogP contribution in [-0.4, -0.2) is 36.5 Å². The Labute approximate surface area is 184 Å². The van der Waals surface area contributed by atoms with Crippen molar-refractivity contribution in [2.75, 3.05) is 19.7 Å². The Hall–Kier alpha value is -2.93. The number of amides is 1. The summed E-state index contributed by atoms with van der Waals surface area (Å²) in [6, 6.07) is 14.1. The second-order valence-electron chi connectivity index (χ2n) is 7.44. The normalized spacial score (nSPS) is 14.6. The van der Waals surface area contributed by atoms with Crippen LogP contribution in [0.3, 0.4) is 0 Å². The first-order valence-corrected chi connectivity index (χ1v) is 11.2. The fraction of sp³-hybridized carbons (Fsp3) is 0.333. The van der Waals surface area contributed by atoms with E-state index in [2.05, 4.69) is 0 Å². The fourth-order valence-corrected chi connectivity index (χ4v) is 5.06. The Balaban J connectivity index is 1.57. The number of fused-ring (bicyclic) bond motifs is 1. The molecule has 1 amide bonds. The summed E-state index contributed by atoms with van der Waals surface area (Å²) in [7, 11) is 0. The Morgan fingerprint density at radius 3 is 2.55 bits per heavy atom. The first-order valence-electron chi connectivity index (χ1n) is 10.4. The summed E-state index contributed by atoms with van der Waals surface area (Å²) in [5, 5.41) is 0.438. The molecule has 1 aromatic heterocycles. The zero-order valence-corrected chi connectivity index (χ0v) is 18.1. The number of para-hydroxylation sites is 1. The second kappa shape index (κ2) is 9.47. The Morgan fingerprint density at radius 2 is 1.84 bits per heavy atom. The number of esters is 1. The first kappa shape index (κ1) is 21.3. The number of nitrogens with zero attached hydrogens (tertiary/aromatic N) is 1. The maximum absolute atomic E-state index is 14.7. The van der Waals surface area contributed by atoms with Gasteiger partial charge in [-0.3, -0.25) is 9.59 Å². The smallest absolute Gasteiger partial charge is 0.309 e. The van der Waals surface area contributed by atoms with Crippen LogP contribution >= 0.6 is 11.3 Å². The number of rotatable bonds is 6. The van der Waals surface area contributed by atoms with Gasteiger partial charge in [0.15, 0.2) is 0 Å². The van der Waals surface area contributed by atoms with E-state index in [0.29, 0.717) is 54.1 Å². The molecule has 0 spiro atoms. The fourth-order valence-electron chi connectivity index (χ4n) is 3.87. The zero-order valence-electron chi connectivity index (χ0n) is 17.3. The van der Waals surface area contributed by atoms with Crippen LogP contribution in [-0.2, 0) is 16.1 Å². The van der Waals surface area contributed by atoms with E-state index in [4.69, 9.17) is 9.47 Å². The number of thiophene rings is 1. The van der Waals surface area contributed by atoms with Gasteiger partial charge in [0, 0.05) is 28.7 Å². The minimum Gasteiger partial charge on any atom is -0.489 e. The highest BCUT2D eigenvalue weighted by atomic mass is 32.1. The van der Waals surface area contributed by atoms with E-state index in [-0.39, 0.29) is 30.2 Å². The van der Waals surface area contributed by atoms with Gasteiger partial charge in [0.25, 0.3) is 5.91 Å². The first-order chi connectivity index (χ1) is 15.1. The summed E-state index contributed by atoms with van der Waals surface area (Å²) in [6.07, 6.45) is 1.14. The molecule has 4 rings (SSSR count). The third kappa shape index (κ3) is 4.56. The molecule has 162 valence electrons. The summed E-state index contributed by atoms with van der Waals surface area (Å²) in [5.74, 6) is -0.220. The van der Waals surface area contributed by atoms with Crippen LogP contribution in [0, 0.1) is 11.7 Å². The van der Waals surface area contributed by atoms with Crippen molar-refractivity contribution in [2.24, 2.45) is 5.92 Å². The van der Waals surface area contributed by atoms with Gasteiger partial charge in [0.2, 0.25) is 0 Å². The van der Waals surface area contributed by atoms with E-state index in [1.165, 1.54) is 17.4 Å². The summed E-state index contributed by atoms with van der Waals surface area (Å²) >= 11 is 1.29. The molecule has 0 N–H and O–H groups in total. The Kier molecular flexibility index (Phi) is 6.51. The molecular formula is C24H24FNO4S. The highest BCUT2D eigenvalue weighted by molar-refractivity contribution is 7.21. The largest absolute Gasteiger partial charge is 0.489 e. The molecular weight excluding hydrogens is 417 g/mol. The highest BCUT2D eigenvalue weighted by Crippen LogP contribution is 2.35. The molecule has 1 aliphatic heterocycles. The quantitative estimate of drug-likeness (QED) is 0.503. The molecule has 1 saturated heterocycles.